The van der Waals surface area contributed by atoms with Gasteiger partial charge in [-0.2, -0.15) is 0 Å². The van der Waals surface area contributed by atoms with Gasteiger partial charge < -0.3 is 0 Å². The first-order valence-corrected chi connectivity index (χ1v) is 12.2. The number of hydrogen-bond donors (Lipinski definition) is 0. The van der Waals surface area contributed by atoms with E-state index in [1.54, 1.807) is 0 Å². The van der Waals surface area contributed by atoms with E-state index in [4.69, 9.17) is 0 Å². The summed E-state index contributed by atoms with van der Waals surface area (Å²) in [7, 11) is 0. The number of aliphatic imine (C=N–C) groups is 1. The van der Waals surface area contributed by atoms with Crippen molar-refractivity contribution in [3.05, 3.63) is 137 Å². The Balaban J connectivity index is 2.10. The molecule has 2 nitrogen and oxygen atoms in total. The van der Waals surface area contributed by atoms with Gasteiger partial charge in [-0.3, -0.25) is 9.98 Å². The van der Waals surface area contributed by atoms with E-state index in [2.05, 4.69) is 99.4 Å². The zero-order valence-corrected chi connectivity index (χ0v) is 21.5. The molecule has 0 bridgehead atoms. The second-order valence-corrected chi connectivity index (χ2v) is 8.88. The third-order valence-electron chi connectivity index (χ3n) is 6.03. The molecule has 0 saturated heterocycles. The number of hydrogen-bond acceptors (Lipinski definition) is 2. The largest absolute Gasteiger partial charge is 0.285 e. The molecule has 35 heavy (non-hydrogen) atoms. The van der Waals surface area contributed by atoms with Gasteiger partial charge in [0.25, 0.3) is 0 Å². The summed E-state index contributed by atoms with van der Waals surface area (Å²) in [5, 5.41) is 0. The summed E-state index contributed by atoms with van der Waals surface area (Å²) in [6.07, 6.45) is 16.4. The van der Waals surface area contributed by atoms with Crippen molar-refractivity contribution in [2.45, 2.75) is 40.5 Å². The van der Waals surface area contributed by atoms with Crippen LogP contribution in [0.5, 0.6) is 0 Å². The number of nitrogens with zero attached hydrogens (tertiary/aromatic N) is 2. The third kappa shape index (κ3) is 6.86. The maximum atomic E-state index is 4.67. The molecule has 0 radical (unpaired) electrons. The lowest BCUT2D eigenvalue weighted by Gasteiger charge is -2.17. The Morgan fingerprint density at radius 2 is 1.80 bits per heavy atom. The van der Waals surface area contributed by atoms with Crippen molar-refractivity contribution in [1.82, 2.24) is 4.98 Å². The first-order valence-electron chi connectivity index (χ1n) is 12.2. The van der Waals surface area contributed by atoms with Crippen LogP contribution < -0.4 is 0 Å². The van der Waals surface area contributed by atoms with Crippen LogP contribution in [0.2, 0.25) is 0 Å². The number of pyridine rings is 1. The van der Waals surface area contributed by atoms with Crippen molar-refractivity contribution in [3.8, 4) is 0 Å². The minimum Gasteiger partial charge on any atom is -0.285 e. The molecule has 0 fully saturated rings. The van der Waals surface area contributed by atoms with E-state index in [9.17, 15) is 0 Å². The van der Waals surface area contributed by atoms with Crippen LogP contribution in [0.3, 0.4) is 0 Å². The van der Waals surface area contributed by atoms with Crippen LogP contribution in [-0.2, 0) is 0 Å². The van der Waals surface area contributed by atoms with Crippen molar-refractivity contribution in [1.29, 1.82) is 0 Å². The number of aromatic nitrogens is 1. The molecule has 2 aromatic rings. The monoisotopic (exact) mass is 460 g/mol. The Hall–Kier alpha value is -3.78. The Bertz CT molecular complexity index is 1250. The maximum absolute atomic E-state index is 4.67. The predicted molar refractivity (Wildman–Crippen MR) is 153 cm³/mol. The molecule has 1 aliphatic heterocycles. The van der Waals surface area contributed by atoms with E-state index < -0.39 is 0 Å². The molecule has 0 amide bonds. The lowest BCUT2D eigenvalue weighted by molar-refractivity contribution is 1.16. The molecule has 0 unspecified atom stereocenters. The van der Waals surface area contributed by atoms with Crippen molar-refractivity contribution < 1.29 is 0 Å². The molecule has 1 aliphatic rings. The van der Waals surface area contributed by atoms with Crippen LogP contribution in [0.25, 0.3) is 11.6 Å². The number of benzene rings is 1. The molecule has 0 saturated carbocycles. The Kier molecular flexibility index (Phi) is 9.31. The molecule has 0 spiro atoms. The van der Waals surface area contributed by atoms with E-state index in [0.717, 1.165) is 52.9 Å². The highest BCUT2D eigenvalue weighted by Gasteiger charge is 2.17. The zero-order chi connectivity index (χ0) is 25.2. The summed E-state index contributed by atoms with van der Waals surface area (Å²) in [4.78, 5) is 9.07. The molecule has 2 heteroatoms. The highest BCUT2D eigenvalue weighted by molar-refractivity contribution is 6.05. The van der Waals surface area contributed by atoms with Gasteiger partial charge in [-0.1, -0.05) is 92.4 Å². The highest BCUT2D eigenvalue weighted by Crippen LogP contribution is 2.33. The molecule has 0 aliphatic carbocycles. The summed E-state index contributed by atoms with van der Waals surface area (Å²) >= 11 is 0. The molecule has 1 aromatic carbocycles. The van der Waals surface area contributed by atoms with E-state index in [1.165, 1.54) is 22.3 Å². The normalized spacial score (nSPS) is 15.1. The van der Waals surface area contributed by atoms with E-state index in [-0.39, 0.29) is 0 Å². The fraction of sp³-hybridized carbons (Fsp3) is 0.212. The minimum atomic E-state index is 0.736. The molecule has 0 N–H and O–H groups in total. The van der Waals surface area contributed by atoms with Crippen LogP contribution in [0.4, 0.5) is 0 Å². The van der Waals surface area contributed by atoms with Gasteiger partial charge in [-0.15, -0.1) is 0 Å². The van der Waals surface area contributed by atoms with Gasteiger partial charge in [-0.05, 0) is 78.7 Å². The predicted octanol–water partition coefficient (Wildman–Crippen LogP) is 8.75. The van der Waals surface area contributed by atoms with E-state index >= 15 is 0 Å². The Morgan fingerprint density at radius 1 is 1.03 bits per heavy atom. The molecule has 1 aromatic heterocycles. The van der Waals surface area contributed by atoms with Crippen molar-refractivity contribution in [2.75, 3.05) is 6.54 Å². The quantitative estimate of drug-likeness (QED) is 0.325. The van der Waals surface area contributed by atoms with E-state index in [0.29, 0.717) is 0 Å². The van der Waals surface area contributed by atoms with Gasteiger partial charge in [0.1, 0.15) is 0 Å². The van der Waals surface area contributed by atoms with Gasteiger partial charge in [0, 0.05) is 23.7 Å². The van der Waals surface area contributed by atoms with E-state index in [1.807, 2.05) is 36.7 Å². The van der Waals surface area contributed by atoms with Gasteiger partial charge >= 0.3 is 0 Å². The first-order chi connectivity index (χ1) is 16.9. The fourth-order valence-corrected chi connectivity index (χ4v) is 4.34. The topological polar surface area (TPSA) is 25.2 Å². The zero-order valence-electron chi connectivity index (χ0n) is 21.5. The fourth-order valence-electron chi connectivity index (χ4n) is 4.34. The first kappa shape index (κ1) is 25.8. The Labute approximate surface area is 211 Å². The SMILES string of the molecule is C=C(C)/C(C(=C)/C=C/c1ccccc1)=C(\C/C=C(\C=C/CC)C1=C(C)CN=C1C)c1cccnc1. The standard InChI is InChI=1S/C33H36N2/c1-7-8-15-29(33-26(5)22-35-27(33)6)19-20-31(30-16-12-21-34-23-30)32(24(2)3)25(4)17-18-28-13-10-9-11-14-28/h8-19,21,23H,2,4,7,20,22H2,1,3,5-6H3/b15-8-,18-17+,29-19+,32-31-. The summed E-state index contributed by atoms with van der Waals surface area (Å²) in [6.45, 7) is 18.0. The van der Waals surface area contributed by atoms with Crippen LogP contribution in [0, 0.1) is 0 Å². The minimum absolute atomic E-state index is 0.736. The van der Waals surface area contributed by atoms with Gasteiger partial charge in [0.15, 0.2) is 0 Å². The lowest BCUT2D eigenvalue weighted by Crippen LogP contribution is -2.00. The lowest BCUT2D eigenvalue weighted by atomic mass is 9.88. The summed E-state index contributed by atoms with van der Waals surface area (Å²) in [6, 6.07) is 14.4. The molecular weight excluding hydrogens is 424 g/mol. The van der Waals surface area contributed by atoms with Crippen molar-refractivity contribution in [2.24, 2.45) is 4.99 Å². The van der Waals surface area contributed by atoms with Crippen LogP contribution in [-0.4, -0.2) is 17.2 Å². The highest BCUT2D eigenvalue weighted by atomic mass is 14.8. The third-order valence-corrected chi connectivity index (χ3v) is 6.03. The van der Waals surface area contributed by atoms with Gasteiger partial charge in [0.2, 0.25) is 0 Å². The average molecular weight is 461 g/mol. The second-order valence-electron chi connectivity index (χ2n) is 8.88. The van der Waals surface area contributed by atoms with Crippen molar-refractivity contribution in [3.63, 3.8) is 0 Å². The van der Waals surface area contributed by atoms with Crippen LogP contribution in [0.1, 0.15) is 51.7 Å². The summed E-state index contributed by atoms with van der Waals surface area (Å²) in [5.74, 6) is 0. The van der Waals surface area contributed by atoms with Crippen LogP contribution >= 0.6 is 0 Å². The summed E-state index contributed by atoms with van der Waals surface area (Å²) in [5.41, 5.74) is 11.3. The number of allylic oxidation sites excluding steroid dienone is 10. The van der Waals surface area contributed by atoms with Gasteiger partial charge in [-0.25, -0.2) is 0 Å². The maximum Gasteiger partial charge on any atom is 0.0610 e. The summed E-state index contributed by atoms with van der Waals surface area (Å²) < 4.78 is 0. The number of rotatable bonds is 10. The molecule has 3 rings (SSSR count). The molecular formula is C33H36N2. The second kappa shape index (κ2) is 12.6. The Morgan fingerprint density at radius 3 is 2.40 bits per heavy atom. The van der Waals surface area contributed by atoms with Gasteiger partial charge in [0.05, 0.1) is 6.54 Å². The molecule has 2 heterocycles. The average Bonchev–Trinajstić information content (AvgIpc) is 3.20. The molecule has 0 atom stereocenters. The van der Waals surface area contributed by atoms with Crippen molar-refractivity contribution >= 4 is 17.4 Å². The molecule has 178 valence electrons. The smallest absolute Gasteiger partial charge is 0.0610 e. The van der Waals surface area contributed by atoms with Crippen LogP contribution in [0.15, 0.2) is 131 Å².